The number of benzene rings is 1. The van der Waals surface area contributed by atoms with E-state index in [1.54, 1.807) is 8.52 Å². The first-order valence-corrected chi connectivity index (χ1v) is 9.13. The van der Waals surface area contributed by atoms with E-state index in [-0.39, 0.29) is 0 Å². The van der Waals surface area contributed by atoms with Crippen molar-refractivity contribution >= 4 is 54.4 Å². The first-order valence-electron chi connectivity index (χ1n) is 5.57. The number of hydrogen-bond acceptors (Lipinski definition) is 0. The Kier molecular flexibility index (Phi) is 3.22. The predicted octanol–water partition coefficient (Wildman–Crippen LogP) is 3.70. The van der Waals surface area contributed by atoms with Crippen molar-refractivity contribution in [2.75, 3.05) is 0 Å². The second-order valence-electron chi connectivity index (χ2n) is 3.88. The van der Waals surface area contributed by atoms with E-state index >= 15 is 0 Å². The van der Waals surface area contributed by atoms with Crippen LogP contribution in [0.3, 0.4) is 0 Å². The zero-order chi connectivity index (χ0) is 11.7. The van der Waals surface area contributed by atoms with Crippen molar-refractivity contribution in [1.82, 2.24) is 0 Å². The van der Waals surface area contributed by atoms with Gasteiger partial charge >= 0.3 is 113 Å². The summed E-state index contributed by atoms with van der Waals surface area (Å²) >= 11 is 1.06. The van der Waals surface area contributed by atoms with Crippen molar-refractivity contribution in [2.24, 2.45) is 0 Å². The van der Waals surface area contributed by atoms with Gasteiger partial charge in [-0.1, -0.05) is 0 Å². The Morgan fingerprint density at radius 2 is 1.88 bits per heavy atom. The zero-order valence-electron chi connectivity index (χ0n) is 9.51. The molecule has 0 bridgehead atoms. The Hall–Kier alpha value is -0.781. The molecule has 0 aliphatic heterocycles. The number of fused-ring (bicyclic) bond motifs is 2. The molecule has 0 spiro atoms. The van der Waals surface area contributed by atoms with Crippen molar-refractivity contribution in [3.63, 3.8) is 0 Å². The minimum absolute atomic E-state index is 0.492. The van der Waals surface area contributed by atoms with Crippen LogP contribution in [0.1, 0.15) is 11.4 Å². The van der Waals surface area contributed by atoms with E-state index in [9.17, 15) is 0 Å². The Morgan fingerprint density at radius 1 is 1.00 bits per heavy atom. The Morgan fingerprint density at radius 3 is 2.76 bits per heavy atom. The molecule has 0 unspecified atom stereocenters. The molecule has 17 heavy (non-hydrogen) atoms. The summed E-state index contributed by atoms with van der Waals surface area (Å²) in [6.07, 6.45) is 8.53. The van der Waals surface area contributed by atoms with Crippen LogP contribution in [-0.2, 0) is 0 Å². The van der Waals surface area contributed by atoms with Crippen LogP contribution in [0.15, 0.2) is 47.4 Å². The topological polar surface area (TPSA) is 0 Å². The number of hydrogen-bond donors (Lipinski definition) is 0. The van der Waals surface area contributed by atoms with Gasteiger partial charge in [-0.2, -0.15) is 0 Å². The summed E-state index contributed by atoms with van der Waals surface area (Å²) in [6, 6.07) is 9.41. The van der Waals surface area contributed by atoms with E-state index in [4.69, 9.17) is 0 Å². The molecule has 3 aromatic rings. The van der Waals surface area contributed by atoms with Crippen LogP contribution in [-0.4, -0.2) is 29.0 Å². The monoisotopic (exact) mass is 352 g/mol. The Bertz CT molecular complexity index is 663. The molecule has 0 atom stereocenters. The van der Waals surface area contributed by atoms with Gasteiger partial charge in [-0.15, -0.1) is 0 Å². The van der Waals surface area contributed by atoms with Crippen LogP contribution in [0.2, 0.25) is 0 Å². The molecular formula is C15H12Se2. The van der Waals surface area contributed by atoms with Crippen LogP contribution in [0.5, 0.6) is 0 Å². The van der Waals surface area contributed by atoms with Crippen molar-refractivity contribution in [1.29, 1.82) is 0 Å². The fourth-order valence-electron chi connectivity index (χ4n) is 1.86. The van der Waals surface area contributed by atoms with Crippen LogP contribution < -0.4 is 0 Å². The quantitative estimate of drug-likeness (QED) is 0.489. The van der Waals surface area contributed by atoms with Gasteiger partial charge in [-0.25, -0.2) is 0 Å². The van der Waals surface area contributed by atoms with Crippen molar-refractivity contribution in [2.45, 2.75) is 6.92 Å². The van der Waals surface area contributed by atoms with Crippen LogP contribution >= 0.6 is 0 Å². The molecule has 3 rings (SSSR count). The number of rotatable bonds is 2. The van der Waals surface area contributed by atoms with Crippen molar-refractivity contribution in [3.8, 4) is 0 Å². The summed E-state index contributed by atoms with van der Waals surface area (Å²) in [6.45, 7) is 2.05. The van der Waals surface area contributed by atoms with Gasteiger partial charge in [0.2, 0.25) is 0 Å². The maximum absolute atomic E-state index is 2.39. The van der Waals surface area contributed by atoms with Crippen molar-refractivity contribution < 1.29 is 0 Å². The molecule has 0 amide bonds. The third-order valence-electron chi connectivity index (χ3n) is 2.67. The Balaban J connectivity index is 2.11. The van der Waals surface area contributed by atoms with Gasteiger partial charge in [0.15, 0.2) is 0 Å². The second kappa shape index (κ2) is 4.84. The third kappa shape index (κ3) is 2.27. The van der Waals surface area contributed by atoms with Gasteiger partial charge in [-0.3, -0.25) is 0 Å². The van der Waals surface area contributed by atoms with E-state index in [0.29, 0.717) is 29.0 Å². The normalized spacial score (nSPS) is 12.5. The zero-order valence-corrected chi connectivity index (χ0v) is 12.9. The van der Waals surface area contributed by atoms with E-state index in [1.807, 2.05) is 6.92 Å². The standard InChI is InChI=1S/C15H12Se2/c1-2-3-4-5-13-8-12-10-14-11(6-7-16-14)9-15(12)17-13/h2-10H,1H3/b3-2+,5-4+. The summed E-state index contributed by atoms with van der Waals surface area (Å²) < 4.78 is 4.56. The summed E-state index contributed by atoms with van der Waals surface area (Å²) in [7, 11) is 0. The first-order chi connectivity index (χ1) is 8.36. The number of allylic oxidation sites excluding steroid dienone is 3. The molecular weight excluding hydrogens is 338 g/mol. The predicted molar refractivity (Wildman–Crippen MR) is 79.2 cm³/mol. The summed E-state index contributed by atoms with van der Waals surface area (Å²) in [5, 5.41) is 2.91. The molecule has 0 fully saturated rings. The van der Waals surface area contributed by atoms with Crippen LogP contribution in [0.4, 0.5) is 0 Å². The SMILES string of the molecule is C/C=C/C=C/c1cc2cc3[se]ccc3cc2[se]1. The maximum atomic E-state index is 2.39. The average molecular weight is 350 g/mol. The van der Waals surface area contributed by atoms with E-state index in [0.717, 1.165) is 0 Å². The van der Waals surface area contributed by atoms with E-state index in [2.05, 4.69) is 53.5 Å². The molecule has 0 N–H and O–H groups in total. The fraction of sp³-hybridized carbons (Fsp3) is 0.0667. The van der Waals surface area contributed by atoms with Crippen LogP contribution in [0.25, 0.3) is 25.4 Å². The van der Waals surface area contributed by atoms with Gasteiger partial charge in [0.1, 0.15) is 0 Å². The molecule has 0 aliphatic rings. The fourth-order valence-corrected chi connectivity index (χ4v) is 5.69. The van der Waals surface area contributed by atoms with Gasteiger partial charge < -0.3 is 0 Å². The molecule has 2 heterocycles. The van der Waals surface area contributed by atoms with Gasteiger partial charge in [-0.05, 0) is 0 Å². The minimum atomic E-state index is 0.492. The van der Waals surface area contributed by atoms with E-state index in [1.165, 1.54) is 15.2 Å². The molecule has 0 saturated heterocycles. The summed E-state index contributed by atoms with van der Waals surface area (Å²) in [5.41, 5.74) is 0. The molecule has 2 heteroatoms. The van der Waals surface area contributed by atoms with Gasteiger partial charge in [0.25, 0.3) is 0 Å². The van der Waals surface area contributed by atoms with E-state index < -0.39 is 0 Å². The third-order valence-corrected chi connectivity index (χ3v) is 6.75. The summed E-state index contributed by atoms with van der Waals surface area (Å²) in [5.74, 6) is 0. The van der Waals surface area contributed by atoms with Crippen LogP contribution in [0, 0.1) is 0 Å². The van der Waals surface area contributed by atoms with Gasteiger partial charge in [0.05, 0.1) is 0 Å². The molecule has 0 nitrogen and oxygen atoms in total. The van der Waals surface area contributed by atoms with Gasteiger partial charge in [0, 0.05) is 0 Å². The summed E-state index contributed by atoms with van der Waals surface area (Å²) in [4.78, 5) is 2.32. The molecule has 0 radical (unpaired) electrons. The molecule has 2 aromatic heterocycles. The first kappa shape index (κ1) is 11.3. The molecule has 0 aliphatic carbocycles. The molecule has 84 valence electrons. The Labute approximate surface area is 113 Å². The average Bonchev–Trinajstić information content (AvgIpc) is 2.90. The molecule has 0 saturated carbocycles. The van der Waals surface area contributed by atoms with Crippen molar-refractivity contribution in [3.05, 3.63) is 51.9 Å². The molecule has 1 aromatic carbocycles. The second-order valence-corrected chi connectivity index (χ2v) is 8.21.